The number of hydrogen-bond donors (Lipinski definition) is 1. The lowest BCUT2D eigenvalue weighted by Crippen LogP contribution is -2.12. The summed E-state index contributed by atoms with van der Waals surface area (Å²) < 4.78 is 0. The molecule has 0 saturated heterocycles. The number of hydroxylamine groups is 2. The Kier molecular flexibility index (Phi) is 2.43. The van der Waals surface area contributed by atoms with Crippen molar-refractivity contribution in [3.63, 3.8) is 0 Å². The van der Waals surface area contributed by atoms with Crippen LogP contribution >= 0.6 is 0 Å². The van der Waals surface area contributed by atoms with Gasteiger partial charge in [0.1, 0.15) is 0 Å². The molecule has 0 aliphatic rings. The molecule has 0 amide bonds. The standard InChI is InChI=1S/C11H12N2O/c1-13(14)8-10-7-12-6-9-4-2-3-5-11(9)10/h2-7,14H,8H2,1H3. The lowest BCUT2D eigenvalue weighted by atomic mass is 10.1. The quantitative estimate of drug-likeness (QED) is 0.733. The van der Waals surface area contributed by atoms with Gasteiger partial charge < -0.3 is 5.21 Å². The van der Waals surface area contributed by atoms with E-state index >= 15 is 0 Å². The lowest BCUT2D eigenvalue weighted by Gasteiger charge is -2.09. The molecule has 0 bridgehead atoms. The Morgan fingerprint density at radius 1 is 1.29 bits per heavy atom. The average Bonchev–Trinajstić information content (AvgIpc) is 2.18. The van der Waals surface area contributed by atoms with E-state index in [9.17, 15) is 5.21 Å². The van der Waals surface area contributed by atoms with Gasteiger partial charge in [-0.1, -0.05) is 24.3 Å². The van der Waals surface area contributed by atoms with E-state index in [1.807, 2.05) is 30.5 Å². The minimum Gasteiger partial charge on any atom is -0.314 e. The highest BCUT2D eigenvalue weighted by molar-refractivity contribution is 5.84. The molecule has 1 aromatic heterocycles. The second-order valence-electron chi connectivity index (χ2n) is 3.34. The summed E-state index contributed by atoms with van der Waals surface area (Å²) in [7, 11) is 1.63. The molecule has 0 unspecified atom stereocenters. The molecule has 1 aromatic carbocycles. The van der Waals surface area contributed by atoms with Gasteiger partial charge in [-0.3, -0.25) is 4.98 Å². The number of nitrogens with zero attached hydrogens (tertiary/aromatic N) is 2. The minimum absolute atomic E-state index is 0.494. The summed E-state index contributed by atoms with van der Waals surface area (Å²) in [5, 5.41) is 12.6. The maximum absolute atomic E-state index is 9.17. The first-order valence-electron chi connectivity index (χ1n) is 4.49. The Balaban J connectivity index is 2.53. The van der Waals surface area contributed by atoms with Crippen LogP contribution in [0.15, 0.2) is 36.7 Å². The van der Waals surface area contributed by atoms with Crippen LogP contribution in [0.1, 0.15) is 5.56 Å². The van der Waals surface area contributed by atoms with Crippen molar-refractivity contribution >= 4 is 10.8 Å². The molecule has 2 rings (SSSR count). The third-order valence-corrected chi connectivity index (χ3v) is 2.15. The summed E-state index contributed by atoms with van der Waals surface area (Å²) in [6.07, 6.45) is 3.62. The largest absolute Gasteiger partial charge is 0.314 e. The maximum Gasteiger partial charge on any atom is 0.0506 e. The van der Waals surface area contributed by atoms with Crippen molar-refractivity contribution in [1.29, 1.82) is 0 Å². The number of aromatic nitrogens is 1. The van der Waals surface area contributed by atoms with Crippen molar-refractivity contribution in [2.45, 2.75) is 6.54 Å². The van der Waals surface area contributed by atoms with Crippen LogP contribution in [0.3, 0.4) is 0 Å². The molecule has 14 heavy (non-hydrogen) atoms. The third-order valence-electron chi connectivity index (χ3n) is 2.15. The fourth-order valence-corrected chi connectivity index (χ4v) is 1.55. The van der Waals surface area contributed by atoms with Crippen LogP contribution in [-0.4, -0.2) is 22.3 Å². The van der Waals surface area contributed by atoms with E-state index in [0.29, 0.717) is 6.54 Å². The van der Waals surface area contributed by atoms with Crippen LogP contribution in [0.25, 0.3) is 10.8 Å². The van der Waals surface area contributed by atoms with Crippen LogP contribution in [0.4, 0.5) is 0 Å². The number of fused-ring (bicyclic) bond motifs is 1. The average molecular weight is 188 g/mol. The zero-order chi connectivity index (χ0) is 9.97. The van der Waals surface area contributed by atoms with Crippen molar-refractivity contribution in [3.05, 3.63) is 42.2 Å². The molecule has 0 aliphatic carbocycles. The molecule has 3 nitrogen and oxygen atoms in total. The second kappa shape index (κ2) is 3.74. The fraction of sp³-hybridized carbons (Fsp3) is 0.182. The Labute approximate surface area is 82.6 Å². The van der Waals surface area contributed by atoms with Gasteiger partial charge in [0, 0.05) is 24.8 Å². The lowest BCUT2D eigenvalue weighted by molar-refractivity contribution is -0.0729. The highest BCUT2D eigenvalue weighted by Gasteiger charge is 2.02. The molecule has 3 heteroatoms. The molecule has 0 saturated carbocycles. The smallest absolute Gasteiger partial charge is 0.0506 e. The molecular weight excluding hydrogens is 176 g/mol. The highest BCUT2D eigenvalue weighted by atomic mass is 16.5. The first kappa shape index (κ1) is 9.12. The molecule has 1 N–H and O–H groups in total. The SMILES string of the molecule is CN(O)Cc1cncc2ccccc12. The molecule has 0 radical (unpaired) electrons. The van der Waals surface area contributed by atoms with Gasteiger partial charge in [0.05, 0.1) is 6.54 Å². The zero-order valence-corrected chi connectivity index (χ0v) is 8.01. The zero-order valence-electron chi connectivity index (χ0n) is 8.01. The predicted molar refractivity (Wildman–Crippen MR) is 55.0 cm³/mol. The Morgan fingerprint density at radius 3 is 2.86 bits per heavy atom. The van der Waals surface area contributed by atoms with E-state index in [1.165, 1.54) is 0 Å². The van der Waals surface area contributed by atoms with Gasteiger partial charge in [-0.15, -0.1) is 0 Å². The van der Waals surface area contributed by atoms with Crippen molar-refractivity contribution in [1.82, 2.24) is 10.0 Å². The van der Waals surface area contributed by atoms with Crippen molar-refractivity contribution < 1.29 is 5.21 Å². The molecule has 0 fully saturated rings. The van der Waals surface area contributed by atoms with Gasteiger partial charge >= 0.3 is 0 Å². The van der Waals surface area contributed by atoms with E-state index < -0.39 is 0 Å². The van der Waals surface area contributed by atoms with E-state index in [1.54, 1.807) is 13.2 Å². The molecular formula is C11H12N2O. The minimum atomic E-state index is 0.494. The van der Waals surface area contributed by atoms with E-state index in [-0.39, 0.29) is 0 Å². The van der Waals surface area contributed by atoms with Gasteiger partial charge in [-0.05, 0) is 10.9 Å². The van der Waals surface area contributed by atoms with E-state index in [2.05, 4.69) is 4.98 Å². The van der Waals surface area contributed by atoms with Crippen LogP contribution in [0.5, 0.6) is 0 Å². The van der Waals surface area contributed by atoms with Gasteiger partial charge in [-0.25, -0.2) is 0 Å². The summed E-state index contributed by atoms with van der Waals surface area (Å²) in [5.74, 6) is 0. The maximum atomic E-state index is 9.17. The predicted octanol–water partition coefficient (Wildman–Crippen LogP) is 2.06. The summed E-state index contributed by atoms with van der Waals surface area (Å²) in [6, 6.07) is 8.03. The first-order chi connectivity index (χ1) is 6.77. The second-order valence-corrected chi connectivity index (χ2v) is 3.34. The third kappa shape index (κ3) is 1.73. The van der Waals surface area contributed by atoms with Gasteiger partial charge in [-0.2, -0.15) is 5.06 Å². The van der Waals surface area contributed by atoms with Gasteiger partial charge in [0.15, 0.2) is 0 Å². The Morgan fingerprint density at radius 2 is 2.07 bits per heavy atom. The van der Waals surface area contributed by atoms with Crippen LogP contribution in [-0.2, 0) is 6.54 Å². The van der Waals surface area contributed by atoms with Crippen molar-refractivity contribution in [3.8, 4) is 0 Å². The number of pyridine rings is 1. The van der Waals surface area contributed by atoms with Gasteiger partial charge in [0.2, 0.25) is 0 Å². The van der Waals surface area contributed by atoms with Crippen molar-refractivity contribution in [2.24, 2.45) is 0 Å². The molecule has 2 aromatic rings. The Bertz CT molecular complexity index is 435. The molecule has 0 atom stereocenters. The highest BCUT2D eigenvalue weighted by Crippen LogP contribution is 2.17. The first-order valence-corrected chi connectivity index (χ1v) is 4.49. The number of benzene rings is 1. The molecule has 1 heterocycles. The van der Waals surface area contributed by atoms with Crippen LogP contribution in [0.2, 0.25) is 0 Å². The summed E-state index contributed by atoms with van der Waals surface area (Å²) in [5.41, 5.74) is 1.04. The number of hydrogen-bond acceptors (Lipinski definition) is 3. The monoisotopic (exact) mass is 188 g/mol. The molecule has 0 aliphatic heterocycles. The molecule has 72 valence electrons. The fourth-order valence-electron chi connectivity index (χ4n) is 1.55. The normalized spacial score (nSPS) is 11.1. The summed E-state index contributed by atoms with van der Waals surface area (Å²) >= 11 is 0. The topological polar surface area (TPSA) is 36.4 Å². The van der Waals surface area contributed by atoms with Gasteiger partial charge in [0.25, 0.3) is 0 Å². The Hall–Kier alpha value is -1.45. The summed E-state index contributed by atoms with van der Waals surface area (Å²) in [6.45, 7) is 0.494. The van der Waals surface area contributed by atoms with Crippen LogP contribution in [0, 0.1) is 0 Å². The van der Waals surface area contributed by atoms with Crippen LogP contribution < -0.4 is 0 Å². The molecule has 0 spiro atoms. The summed E-state index contributed by atoms with van der Waals surface area (Å²) in [4.78, 5) is 4.13. The number of rotatable bonds is 2. The van der Waals surface area contributed by atoms with Crippen molar-refractivity contribution in [2.75, 3.05) is 7.05 Å². The van der Waals surface area contributed by atoms with E-state index in [0.717, 1.165) is 21.4 Å². The van der Waals surface area contributed by atoms with E-state index in [4.69, 9.17) is 0 Å².